The van der Waals surface area contributed by atoms with E-state index in [4.69, 9.17) is 4.74 Å². The molecule has 2 aliphatic heterocycles. The average molecular weight is 506 g/mol. The van der Waals surface area contributed by atoms with E-state index in [9.17, 15) is 24.6 Å². The van der Waals surface area contributed by atoms with Gasteiger partial charge < -0.3 is 19.8 Å². The molecule has 7 heteroatoms. The number of hydrogen-bond donors (Lipinski definition) is 2. The Morgan fingerprint density at radius 1 is 1.14 bits per heavy atom. The monoisotopic (exact) mass is 505 g/mol. The average Bonchev–Trinajstić information content (AvgIpc) is 3.27. The van der Waals surface area contributed by atoms with Crippen molar-refractivity contribution in [2.75, 3.05) is 6.54 Å². The highest BCUT2D eigenvalue weighted by molar-refractivity contribution is 5.88. The van der Waals surface area contributed by atoms with Crippen LogP contribution in [-0.2, 0) is 19.1 Å². The number of carbonyl (C=O) groups excluding carboxylic acids is 3. The minimum absolute atomic E-state index is 0.0109. The van der Waals surface area contributed by atoms with Gasteiger partial charge in [-0.25, -0.2) is 0 Å². The SMILES string of the molecule is CC(=O)N1CCCC1/C=C(\C)[C@@H]1C/C=C(/C)CCC[C@H](C)[C@H](O)[C@@H](C)C(=O)C(C)(C)[C@@H](O)CC(=O)O1. The molecule has 0 spiro atoms. The van der Waals surface area contributed by atoms with Crippen LogP contribution in [0.25, 0.3) is 0 Å². The van der Waals surface area contributed by atoms with E-state index in [0.717, 1.165) is 44.2 Å². The number of allylic oxidation sites excluding steroid dienone is 1. The van der Waals surface area contributed by atoms with Crippen molar-refractivity contribution in [3.8, 4) is 0 Å². The number of esters is 1. The minimum Gasteiger partial charge on any atom is -0.457 e. The van der Waals surface area contributed by atoms with Gasteiger partial charge in [0.25, 0.3) is 0 Å². The van der Waals surface area contributed by atoms with E-state index in [1.807, 2.05) is 24.8 Å². The van der Waals surface area contributed by atoms with Crippen molar-refractivity contribution in [2.45, 2.75) is 118 Å². The lowest BCUT2D eigenvalue weighted by atomic mass is 9.73. The van der Waals surface area contributed by atoms with Gasteiger partial charge in [-0.2, -0.15) is 0 Å². The fraction of sp³-hybridized carbons (Fsp3) is 0.759. The third-order valence-corrected chi connectivity index (χ3v) is 8.19. The third kappa shape index (κ3) is 7.75. The maximum Gasteiger partial charge on any atom is 0.309 e. The van der Waals surface area contributed by atoms with E-state index in [-0.39, 0.29) is 30.1 Å². The summed E-state index contributed by atoms with van der Waals surface area (Å²) >= 11 is 0. The van der Waals surface area contributed by atoms with Crippen LogP contribution in [0.4, 0.5) is 0 Å². The lowest BCUT2D eigenvalue weighted by Gasteiger charge is -2.34. The number of hydrogen-bond acceptors (Lipinski definition) is 6. The maximum atomic E-state index is 13.2. The third-order valence-electron chi connectivity index (χ3n) is 8.19. The van der Waals surface area contributed by atoms with Gasteiger partial charge in [0.15, 0.2) is 0 Å². The summed E-state index contributed by atoms with van der Waals surface area (Å²) in [6.07, 6.45) is 6.09. The second kappa shape index (κ2) is 13.0. The zero-order chi connectivity index (χ0) is 27.2. The van der Waals surface area contributed by atoms with Gasteiger partial charge >= 0.3 is 5.97 Å². The second-order valence-corrected chi connectivity index (χ2v) is 11.6. The van der Waals surface area contributed by atoms with Gasteiger partial charge in [-0.3, -0.25) is 14.4 Å². The van der Waals surface area contributed by atoms with Gasteiger partial charge in [0.2, 0.25) is 5.91 Å². The number of likely N-dealkylation sites (tertiary alicyclic amines) is 1. The predicted octanol–water partition coefficient (Wildman–Crippen LogP) is 4.36. The smallest absolute Gasteiger partial charge is 0.309 e. The lowest BCUT2D eigenvalue weighted by Crippen LogP contribution is -2.45. The molecule has 7 nitrogen and oxygen atoms in total. The quantitative estimate of drug-likeness (QED) is 0.427. The molecule has 0 radical (unpaired) electrons. The molecule has 0 aromatic heterocycles. The number of amides is 1. The molecule has 2 N–H and O–H groups in total. The van der Waals surface area contributed by atoms with Gasteiger partial charge in [0, 0.05) is 25.8 Å². The molecule has 1 unspecified atom stereocenters. The van der Waals surface area contributed by atoms with E-state index in [2.05, 4.69) is 13.0 Å². The van der Waals surface area contributed by atoms with Gasteiger partial charge in [0.05, 0.1) is 30.1 Å². The molecule has 0 saturated carbocycles. The molecule has 2 rings (SSSR count). The molecular formula is C29H47NO6. The van der Waals surface area contributed by atoms with E-state index in [0.29, 0.717) is 6.42 Å². The largest absolute Gasteiger partial charge is 0.457 e. The first-order valence-corrected chi connectivity index (χ1v) is 13.5. The van der Waals surface area contributed by atoms with Gasteiger partial charge in [-0.1, -0.05) is 45.4 Å². The fourth-order valence-corrected chi connectivity index (χ4v) is 5.40. The van der Waals surface area contributed by atoms with E-state index in [1.54, 1.807) is 27.7 Å². The van der Waals surface area contributed by atoms with Crippen molar-refractivity contribution in [3.05, 3.63) is 23.3 Å². The fourth-order valence-electron chi connectivity index (χ4n) is 5.40. The van der Waals surface area contributed by atoms with Crippen LogP contribution in [0.5, 0.6) is 0 Å². The Kier molecular flexibility index (Phi) is 10.9. The summed E-state index contributed by atoms with van der Waals surface area (Å²) in [5, 5.41) is 21.7. The first-order valence-electron chi connectivity index (χ1n) is 13.5. The summed E-state index contributed by atoms with van der Waals surface area (Å²) in [6, 6.07) is -0.0109. The Labute approximate surface area is 217 Å². The van der Waals surface area contributed by atoms with Crippen molar-refractivity contribution >= 4 is 17.7 Å². The molecular weight excluding hydrogens is 458 g/mol. The minimum atomic E-state index is -1.24. The standard InChI is InChI=1S/C29H47NO6/c1-18-10-8-11-19(2)27(34)21(4)28(35)29(6,7)25(32)17-26(33)36-24(14-13-18)20(3)16-23-12-9-15-30(23)22(5)31/h13,16,19,21,23-25,27,32,34H,8-12,14-15,17H2,1-7H3/b18-13-,20-16+/t19-,21+,23?,24-,25-,27-/m0/s1. The Hall–Kier alpha value is -1.99. The normalized spacial score (nSPS) is 35.2. The Morgan fingerprint density at radius 2 is 1.81 bits per heavy atom. The number of carbonyl (C=O) groups is 3. The molecule has 0 aromatic carbocycles. The number of ether oxygens (including phenoxy) is 1. The van der Waals surface area contributed by atoms with Crippen LogP contribution in [0.3, 0.4) is 0 Å². The van der Waals surface area contributed by atoms with Crippen LogP contribution >= 0.6 is 0 Å². The highest BCUT2D eigenvalue weighted by Crippen LogP contribution is 2.32. The van der Waals surface area contributed by atoms with Crippen LogP contribution in [0.15, 0.2) is 23.3 Å². The van der Waals surface area contributed by atoms with Crippen molar-refractivity contribution in [1.82, 2.24) is 4.90 Å². The lowest BCUT2D eigenvalue weighted by molar-refractivity contribution is -0.154. The summed E-state index contributed by atoms with van der Waals surface area (Å²) in [7, 11) is 0. The van der Waals surface area contributed by atoms with E-state index < -0.39 is 35.6 Å². The summed E-state index contributed by atoms with van der Waals surface area (Å²) in [4.78, 5) is 40.0. The summed E-state index contributed by atoms with van der Waals surface area (Å²) < 4.78 is 5.86. The van der Waals surface area contributed by atoms with Crippen LogP contribution in [0, 0.1) is 17.3 Å². The molecule has 36 heavy (non-hydrogen) atoms. The maximum absolute atomic E-state index is 13.2. The van der Waals surface area contributed by atoms with Crippen LogP contribution < -0.4 is 0 Å². The number of nitrogens with zero attached hydrogens (tertiary/aromatic N) is 1. The Bertz CT molecular complexity index is 860. The van der Waals surface area contributed by atoms with Crippen LogP contribution in [-0.4, -0.2) is 63.7 Å². The Balaban J connectivity index is 2.32. The zero-order valence-electron chi connectivity index (χ0n) is 23.3. The van der Waals surface area contributed by atoms with Crippen LogP contribution in [0.2, 0.25) is 0 Å². The van der Waals surface area contributed by atoms with Gasteiger partial charge in [0.1, 0.15) is 11.9 Å². The van der Waals surface area contributed by atoms with Gasteiger partial charge in [-0.15, -0.1) is 0 Å². The van der Waals surface area contributed by atoms with E-state index in [1.165, 1.54) is 5.57 Å². The molecule has 1 amide bonds. The molecule has 1 saturated heterocycles. The van der Waals surface area contributed by atoms with Crippen molar-refractivity contribution in [2.24, 2.45) is 17.3 Å². The first kappa shape index (κ1) is 30.2. The number of rotatable bonds is 2. The van der Waals surface area contributed by atoms with E-state index >= 15 is 0 Å². The van der Waals surface area contributed by atoms with Gasteiger partial charge in [-0.05, 0) is 57.4 Å². The summed E-state index contributed by atoms with van der Waals surface area (Å²) in [6.45, 7) is 13.2. The highest BCUT2D eigenvalue weighted by Gasteiger charge is 2.42. The molecule has 1 fully saturated rings. The summed E-state index contributed by atoms with van der Waals surface area (Å²) in [5.74, 6) is -1.51. The number of cyclic esters (lactones) is 1. The molecule has 6 atom stereocenters. The zero-order valence-corrected chi connectivity index (χ0v) is 23.3. The molecule has 0 aliphatic carbocycles. The van der Waals surface area contributed by atoms with Crippen molar-refractivity contribution in [3.63, 3.8) is 0 Å². The predicted molar refractivity (Wildman–Crippen MR) is 140 cm³/mol. The number of Topliss-reactive ketones (excluding diaryl/α,β-unsaturated/α-hetero) is 1. The summed E-state index contributed by atoms with van der Waals surface area (Å²) in [5.41, 5.74) is 0.842. The Morgan fingerprint density at radius 3 is 2.44 bits per heavy atom. The number of ketones is 1. The number of aliphatic hydroxyl groups excluding tert-OH is 2. The van der Waals surface area contributed by atoms with Crippen molar-refractivity contribution < 1.29 is 29.3 Å². The molecule has 2 heterocycles. The molecule has 0 aromatic rings. The van der Waals surface area contributed by atoms with Crippen LogP contribution in [0.1, 0.15) is 93.4 Å². The highest BCUT2D eigenvalue weighted by atomic mass is 16.5. The second-order valence-electron chi connectivity index (χ2n) is 11.6. The first-order chi connectivity index (χ1) is 16.7. The van der Waals surface area contributed by atoms with Crippen molar-refractivity contribution in [1.29, 1.82) is 0 Å². The molecule has 0 bridgehead atoms. The molecule has 2 aliphatic rings. The number of aliphatic hydroxyl groups is 2. The topological polar surface area (TPSA) is 104 Å². The molecule has 204 valence electrons.